The number of fused-ring (bicyclic) bond motifs is 1. The van der Waals surface area contributed by atoms with Gasteiger partial charge in [-0.1, -0.05) is 109 Å². The first-order chi connectivity index (χ1) is 16.3. The fourth-order valence-electron chi connectivity index (χ4n) is 4.66. The molecule has 0 aliphatic rings. The highest BCUT2D eigenvalue weighted by Gasteiger charge is 2.10. The average molecular weight is 456 g/mol. The number of nitrogens with zero attached hydrogens (tertiary/aromatic N) is 2. The molecule has 2 rings (SSSR count). The molecule has 2 aromatic rings. The lowest BCUT2D eigenvalue weighted by molar-refractivity contribution is -0.121. The van der Waals surface area contributed by atoms with Crippen LogP contribution in [0, 0.1) is 0 Å². The third-order valence-corrected chi connectivity index (χ3v) is 6.62. The largest absolute Gasteiger partial charge is 0.356 e. The highest BCUT2D eigenvalue weighted by atomic mass is 16.1. The number of carbonyl (C=O) groups excluding carboxylic acids is 1. The van der Waals surface area contributed by atoms with Gasteiger partial charge in [0.05, 0.1) is 11.0 Å². The van der Waals surface area contributed by atoms with Gasteiger partial charge in [-0.05, 0) is 25.0 Å². The number of para-hydroxylation sites is 2. The maximum Gasteiger partial charge on any atom is 0.219 e. The van der Waals surface area contributed by atoms with Crippen molar-refractivity contribution in [3.63, 3.8) is 0 Å². The summed E-state index contributed by atoms with van der Waals surface area (Å²) in [5.74, 6) is 1.25. The van der Waals surface area contributed by atoms with Crippen molar-refractivity contribution in [1.82, 2.24) is 14.9 Å². The van der Waals surface area contributed by atoms with Crippen molar-refractivity contribution in [2.75, 3.05) is 6.54 Å². The minimum absolute atomic E-state index is 0.145. The van der Waals surface area contributed by atoms with Crippen LogP contribution in [0.3, 0.4) is 0 Å². The van der Waals surface area contributed by atoms with Crippen molar-refractivity contribution in [1.29, 1.82) is 0 Å². The number of aromatic nitrogens is 2. The first-order valence-electron chi connectivity index (χ1n) is 14.0. The molecule has 0 saturated heterocycles. The normalized spacial score (nSPS) is 11.3. The number of hydrogen-bond donors (Lipinski definition) is 1. The van der Waals surface area contributed by atoms with E-state index in [1.165, 1.54) is 95.4 Å². The summed E-state index contributed by atoms with van der Waals surface area (Å²) in [5, 5.41) is 3.03. The summed E-state index contributed by atoms with van der Waals surface area (Å²) < 4.78 is 2.38. The lowest BCUT2D eigenvalue weighted by atomic mass is 10.0. The zero-order valence-electron chi connectivity index (χ0n) is 21.5. The van der Waals surface area contributed by atoms with Crippen molar-refractivity contribution in [3.8, 4) is 0 Å². The molecule has 4 heteroatoms. The van der Waals surface area contributed by atoms with Crippen LogP contribution < -0.4 is 5.32 Å². The van der Waals surface area contributed by atoms with Crippen LogP contribution in [0.2, 0.25) is 0 Å². The van der Waals surface area contributed by atoms with Crippen molar-refractivity contribution in [2.45, 2.75) is 130 Å². The third-order valence-electron chi connectivity index (χ3n) is 6.62. The second-order valence-electron chi connectivity index (χ2n) is 9.61. The van der Waals surface area contributed by atoms with Gasteiger partial charge in [0.15, 0.2) is 0 Å². The van der Waals surface area contributed by atoms with Crippen LogP contribution >= 0.6 is 0 Å². The van der Waals surface area contributed by atoms with Gasteiger partial charge in [0.1, 0.15) is 5.82 Å². The minimum Gasteiger partial charge on any atom is -0.356 e. The molecule has 186 valence electrons. The molecule has 1 aromatic heterocycles. The van der Waals surface area contributed by atoms with Gasteiger partial charge in [-0.2, -0.15) is 0 Å². The Hall–Kier alpha value is -1.84. The highest BCUT2D eigenvalue weighted by Crippen LogP contribution is 2.18. The summed E-state index contributed by atoms with van der Waals surface area (Å²) >= 11 is 0. The first kappa shape index (κ1) is 27.4. The maximum atomic E-state index is 11.8. The monoisotopic (exact) mass is 455 g/mol. The second kappa shape index (κ2) is 17.6. The zero-order valence-corrected chi connectivity index (χ0v) is 21.5. The molecule has 0 saturated carbocycles. The predicted molar refractivity (Wildman–Crippen MR) is 142 cm³/mol. The molecule has 0 atom stereocenters. The van der Waals surface area contributed by atoms with Crippen molar-refractivity contribution in [3.05, 3.63) is 30.1 Å². The summed E-state index contributed by atoms with van der Waals surface area (Å²) in [6.45, 7) is 6.02. The zero-order chi connectivity index (χ0) is 23.6. The van der Waals surface area contributed by atoms with E-state index in [1.54, 1.807) is 0 Å². The summed E-state index contributed by atoms with van der Waals surface area (Å²) in [6, 6.07) is 8.42. The molecule has 33 heavy (non-hydrogen) atoms. The molecule has 0 aliphatic heterocycles. The van der Waals surface area contributed by atoms with Gasteiger partial charge >= 0.3 is 0 Å². The Morgan fingerprint density at radius 2 is 1.36 bits per heavy atom. The summed E-state index contributed by atoms with van der Waals surface area (Å²) in [6.07, 6.45) is 21.7. The van der Waals surface area contributed by atoms with Crippen LogP contribution in [0.1, 0.15) is 122 Å². The minimum atomic E-state index is 0.145. The molecule has 1 amide bonds. The summed E-state index contributed by atoms with van der Waals surface area (Å²) in [4.78, 5) is 16.6. The maximum absolute atomic E-state index is 11.8. The number of hydrogen-bond acceptors (Lipinski definition) is 2. The van der Waals surface area contributed by atoms with E-state index in [4.69, 9.17) is 4.98 Å². The Morgan fingerprint density at radius 3 is 1.97 bits per heavy atom. The number of rotatable bonds is 20. The van der Waals surface area contributed by atoms with E-state index in [1.807, 2.05) is 6.92 Å². The number of carbonyl (C=O) groups is 1. The number of imidazole rings is 1. The van der Waals surface area contributed by atoms with Crippen LogP contribution in [0.5, 0.6) is 0 Å². The lowest BCUT2D eigenvalue weighted by Gasteiger charge is -2.10. The Balaban J connectivity index is 1.60. The smallest absolute Gasteiger partial charge is 0.219 e. The molecule has 1 N–H and O–H groups in total. The van der Waals surface area contributed by atoms with Crippen LogP contribution in [-0.2, 0) is 17.8 Å². The van der Waals surface area contributed by atoms with Crippen molar-refractivity contribution in [2.24, 2.45) is 0 Å². The number of amides is 1. The molecule has 0 radical (unpaired) electrons. The highest BCUT2D eigenvalue weighted by molar-refractivity contribution is 5.76. The third kappa shape index (κ3) is 11.2. The van der Waals surface area contributed by atoms with Gasteiger partial charge in [0, 0.05) is 25.9 Å². The molecule has 0 bridgehead atoms. The predicted octanol–water partition coefficient (Wildman–Crippen LogP) is 7.98. The van der Waals surface area contributed by atoms with Crippen molar-refractivity contribution < 1.29 is 4.79 Å². The van der Waals surface area contributed by atoms with Gasteiger partial charge in [-0.25, -0.2) is 4.98 Å². The number of nitrogens with one attached hydrogen (secondary N) is 1. The molecular weight excluding hydrogens is 406 g/mol. The van der Waals surface area contributed by atoms with E-state index in [0.29, 0.717) is 13.0 Å². The van der Waals surface area contributed by atoms with Gasteiger partial charge in [0.25, 0.3) is 0 Å². The molecule has 0 unspecified atom stereocenters. The standard InChI is InChI=1S/C29H49N3O/c1-3-5-6-7-8-9-10-11-12-13-14-15-16-19-25-32-27-22-18-17-21-26(27)31-28(32)23-24-30-29(33)20-4-2/h17-18,21-22H,3-16,19-20,23-25H2,1-2H3,(H,30,33). The SMILES string of the molecule is CCCCCCCCCCCCCCCCn1c(CCNC(=O)CCC)nc2ccccc21. The molecule has 4 nitrogen and oxygen atoms in total. The fourth-order valence-corrected chi connectivity index (χ4v) is 4.66. The van der Waals surface area contributed by atoms with Crippen LogP contribution in [0.25, 0.3) is 11.0 Å². The quantitative estimate of drug-likeness (QED) is 0.206. The molecule has 0 aliphatic carbocycles. The Kier molecular flexibility index (Phi) is 14.6. The average Bonchev–Trinajstić information content (AvgIpc) is 3.17. The van der Waals surface area contributed by atoms with E-state index >= 15 is 0 Å². The Morgan fingerprint density at radius 1 is 0.788 bits per heavy atom. The summed E-state index contributed by atoms with van der Waals surface area (Å²) in [5.41, 5.74) is 2.29. The Bertz CT molecular complexity index is 767. The van der Waals surface area contributed by atoms with Crippen molar-refractivity contribution >= 4 is 16.9 Å². The van der Waals surface area contributed by atoms with Gasteiger partial charge in [-0.3, -0.25) is 4.79 Å². The van der Waals surface area contributed by atoms with Gasteiger partial charge in [0.2, 0.25) is 5.91 Å². The van der Waals surface area contributed by atoms with Gasteiger partial charge < -0.3 is 9.88 Å². The lowest BCUT2D eigenvalue weighted by Crippen LogP contribution is -2.26. The number of aryl methyl sites for hydroxylation is 1. The van der Waals surface area contributed by atoms with E-state index in [9.17, 15) is 4.79 Å². The molecular formula is C29H49N3O. The molecule has 1 aromatic carbocycles. The topological polar surface area (TPSA) is 46.9 Å². The fraction of sp³-hybridized carbons (Fsp3) is 0.724. The second-order valence-corrected chi connectivity index (χ2v) is 9.61. The van der Waals surface area contributed by atoms with Gasteiger partial charge in [-0.15, -0.1) is 0 Å². The van der Waals surface area contributed by atoms with E-state index in [-0.39, 0.29) is 5.91 Å². The number of benzene rings is 1. The molecule has 0 fully saturated rings. The number of unbranched alkanes of at least 4 members (excludes halogenated alkanes) is 13. The molecule has 1 heterocycles. The van der Waals surface area contributed by atoms with E-state index in [0.717, 1.165) is 30.7 Å². The van der Waals surface area contributed by atoms with E-state index < -0.39 is 0 Å². The van der Waals surface area contributed by atoms with Crippen LogP contribution in [0.4, 0.5) is 0 Å². The van der Waals surface area contributed by atoms with Crippen LogP contribution in [-0.4, -0.2) is 22.0 Å². The summed E-state index contributed by atoms with van der Waals surface area (Å²) in [7, 11) is 0. The van der Waals surface area contributed by atoms with E-state index in [2.05, 4.69) is 41.1 Å². The Labute approximate surface area is 202 Å². The van der Waals surface area contributed by atoms with Crippen LogP contribution in [0.15, 0.2) is 24.3 Å². The first-order valence-corrected chi connectivity index (χ1v) is 14.0. The molecule has 0 spiro atoms.